The highest BCUT2D eigenvalue weighted by Gasteiger charge is 2.32. The van der Waals surface area contributed by atoms with Gasteiger partial charge in [0.1, 0.15) is 5.82 Å². The largest absolute Gasteiger partial charge is 0.312 e. The lowest BCUT2D eigenvalue weighted by Crippen LogP contribution is -2.43. The Labute approximate surface area is 122 Å². The molecule has 4 heteroatoms. The van der Waals surface area contributed by atoms with Crippen LogP contribution < -0.4 is 5.32 Å². The van der Waals surface area contributed by atoms with Crippen LogP contribution in [0.15, 0.2) is 22.7 Å². The Balaban J connectivity index is 1.69. The highest BCUT2D eigenvalue weighted by molar-refractivity contribution is 9.10. The molecule has 2 aliphatic heterocycles. The number of likely N-dealkylation sites (tertiary alicyclic amines) is 1. The molecule has 2 fully saturated rings. The zero-order chi connectivity index (χ0) is 13.2. The van der Waals surface area contributed by atoms with Crippen LogP contribution in [0.2, 0.25) is 0 Å². The summed E-state index contributed by atoms with van der Waals surface area (Å²) in [6.07, 6.45) is 5.12. The summed E-state index contributed by atoms with van der Waals surface area (Å²) in [5.74, 6) is -0.160. The Bertz CT molecular complexity index is 446. The highest BCUT2D eigenvalue weighted by Crippen LogP contribution is 2.27. The lowest BCUT2D eigenvalue weighted by atomic mass is 10.0. The fourth-order valence-electron chi connectivity index (χ4n) is 3.42. The smallest absolute Gasteiger partial charge is 0.137 e. The first-order chi connectivity index (χ1) is 9.24. The van der Waals surface area contributed by atoms with E-state index in [2.05, 4.69) is 26.1 Å². The first kappa shape index (κ1) is 13.5. The molecule has 0 aromatic heterocycles. The normalized spacial score (nSPS) is 28.1. The molecule has 1 aromatic rings. The number of benzene rings is 1. The summed E-state index contributed by atoms with van der Waals surface area (Å²) < 4.78 is 14.1. The maximum Gasteiger partial charge on any atom is 0.137 e. The lowest BCUT2D eigenvalue weighted by Gasteiger charge is -2.29. The zero-order valence-electron chi connectivity index (χ0n) is 11.0. The molecule has 0 bridgehead atoms. The van der Waals surface area contributed by atoms with Crippen LogP contribution in [-0.4, -0.2) is 30.1 Å². The Kier molecular flexibility index (Phi) is 4.20. The second-order valence-corrected chi connectivity index (χ2v) is 6.49. The van der Waals surface area contributed by atoms with Gasteiger partial charge in [0, 0.05) is 18.6 Å². The Hall–Kier alpha value is -0.450. The standard InChI is InChI=1S/C15H20BrFN2/c16-12-6-5-11(9-13(12)17)10-19-8-2-4-15(19)14-3-1-7-18-14/h5-6,9,14-15,18H,1-4,7-8,10H2. The van der Waals surface area contributed by atoms with E-state index < -0.39 is 0 Å². The number of nitrogens with one attached hydrogen (secondary N) is 1. The van der Waals surface area contributed by atoms with E-state index in [1.165, 1.54) is 25.7 Å². The Morgan fingerprint density at radius 2 is 2.21 bits per heavy atom. The van der Waals surface area contributed by atoms with E-state index in [0.717, 1.165) is 25.2 Å². The van der Waals surface area contributed by atoms with Gasteiger partial charge in [-0.2, -0.15) is 0 Å². The molecule has 0 amide bonds. The number of halogens is 2. The average molecular weight is 327 g/mol. The Morgan fingerprint density at radius 3 is 2.95 bits per heavy atom. The van der Waals surface area contributed by atoms with Gasteiger partial charge in [0.05, 0.1) is 4.47 Å². The van der Waals surface area contributed by atoms with Crippen molar-refractivity contribution in [3.8, 4) is 0 Å². The second-order valence-electron chi connectivity index (χ2n) is 5.63. The molecule has 2 unspecified atom stereocenters. The van der Waals surface area contributed by atoms with Crippen molar-refractivity contribution in [3.63, 3.8) is 0 Å². The summed E-state index contributed by atoms with van der Waals surface area (Å²) in [5, 5.41) is 3.61. The summed E-state index contributed by atoms with van der Waals surface area (Å²) in [7, 11) is 0. The molecule has 19 heavy (non-hydrogen) atoms. The van der Waals surface area contributed by atoms with Gasteiger partial charge in [-0.1, -0.05) is 6.07 Å². The van der Waals surface area contributed by atoms with E-state index in [9.17, 15) is 4.39 Å². The molecular weight excluding hydrogens is 307 g/mol. The van der Waals surface area contributed by atoms with Crippen LogP contribution in [0.1, 0.15) is 31.2 Å². The average Bonchev–Trinajstić information content (AvgIpc) is 3.04. The van der Waals surface area contributed by atoms with Gasteiger partial charge >= 0.3 is 0 Å². The monoisotopic (exact) mass is 326 g/mol. The van der Waals surface area contributed by atoms with E-state index >= 15 is 0 Å². The second kappa shape index (κ2) is 5.90. The van der Waals surface area contributed by atoms with Crippen molar-refractivity contribution < 1.29 is 4.39 Å². The molecular formula is C15H20BrFN2. The first-order valence-corrected chi connectivity index (χ1v) is 7.95. The molecule has 0 saturated carbocycles. The molecule has 2 saturated heterocycles. The molecule has 2 heterocycles. The van der Waals surface area contributed by atoms with Crippen LogP contribution in [0.25, 0.3) is 0 Å². The fraction of sp³-hybridized carbons (Fsp3) is 0.600. The third kappa shape index (κ3) is 3.01. The minimum absolute atomic E-state index is 0.160. The molecule has 1 aromatic carbocycles. The van der Waals surface area contributed by atoms with Crippen LogP contribution in [0.3, 0.4) is 0 Å². The zero-order valence-corrected chi connectivity index (χ0v) is 12.6. The maximum atomic E-state index is 13.6. The number of rotatable bonds is 3. The van der Waals surface area contributed by atoms with Crippen LogP contribution in [0, 0.1) is 5.82 Å². The van der Waals surface area contributed by atoms with Gasteiger partial charge in [-0.05, 0) is 72.4 Å². The molecule has 2 aliphatic rings. The molecule has 0 radical (unpaired) electrons. The number of nitrogens with zero attached hydrogens (tertiary/aromatic N) is 1. The molecule has 0 spiro atoms. The number of hydrogen-bond acceptors (Lipinski definition) is 2. The third-order valence-electron chi connectivity index (χ3n) is 4.35. The molecule has 104 valence electrons. The van der Waals surface area contributed by atoms with Gasteiger partial charge in [0.2, 0.25) is 0 Å². The van der Waals surface area contributed by atoms with Crippen molar-refractivity contribution in [2.45, 2.75) is 44.3 Å². The topological polar surface area (TPSA) is 15.3 Å². The summed E-state index contributed by atoms with van der Waals surface area (Å²) in [6, 6.07) is 6.76. The van der Waals surface area contributed by atoms with Crippen LogP contribution in [-0.2, 0) is 6.54 Å². The summed E-state index contributed by atoms with van der Waals surface area (Å²) in [5.41, 5.74) is 1.07. The first-order valence-electron chi connectivity index (χ1n) is 7.15. The summed E-state index contributed by atoms with van der Waals surface area (Å²) in [4.78, 5) is 2.52. The van der Waals surface area contributed by atoms with E-state index in [0.29, 0.717) is 16.6 Å². The van der Waals surface area contributed by atoms with E-state index in [1.54, 1.807) is 6.07 Å². The molecule has 3 rings (SSSR count). The van der Waals surface area contributed by atoms with Crippen molar-refractivity contribution in [1.82, 2.24) is 10.2 Å². The molecule has 1 N–H and O–H groups in total. The predicted octanol–water partition coefficient (Wildman–Crippen LogP) is 3.30. The molecule has 2 nitrogen and oxygen atoms in total. The van der Waals surface area contributed by atoms with E-state index in [-0.39, 0.29) is 5.82 Å². The summed E-state index contributed by atoms with van der Waals surface area (Å²) >= 11 is 3.21. The van der Waals surface area contributed by atoms with E-state index in [1.807, 2.05) is 12.1 Å². The van der Waals surface area contributed by atoms with Gasteiger partial charge < -0.3 is 5.32 Å². The lowest BCUT2D eigenvalue weighted by molar-refractivity contribution is 0.206. The van der Waals surface area contributed by atoms with Gasteiger partial charge in [0.25, 0.3) is 0 Å². The SMILES string of the molecule is Fc1cc(CN2CCCC2C2CCCN2)ccc1Br. The van der Waals surface area contributed by atoms with Crippen molar-refractivity contribution in [3.05, 3.63) is 34.1 Å². The van der Waals surface area contributed by atoms with Crippen molar-refractivity contribution in [2.75, 3.05) is 13.1 Å². The van der Waals surface area contributed by atoms with Gasteiger partial charge in [0.15, 0.2) is 0 Å². The van der Waals surface area contributed by atoms with Crippen LogP contribution >= 0.6 is 15.9 Å². The third-order valence-corrected chi connectivity index (χ3v) is 4.99. The van der Waals surface area contributed by atoms with Crippen molar-refractivity contribution >= 4 is 15.9 Å². The Morgan fingerprint density at radius 1 is 1.32 bits per heavy atom. The van der Waals surface area contributed by atoms with Crippen LogP contribution in [0.5, 0.6) is 0 Å². The quantitative estimate of drug-likeness (QED) is 0.916. The minimum atomic E-state index is -0.160. The number of hydrogen-bond donors (Lipinski definition) is 1. The highest BCUT2D eigenvalue weighted by atomic mass is 79.9. The van der Waals surface area contributed by atoms with Crippen LogP contribution in [0.4, 0.5) is 4.39 Å². The van der Waals surface area contributed by atoms with Crippen molar-refractivity contribution in [2.24, 2.45) is 0 Å². The minimum Gasteiger partial charge on any atom is -0.312 e. The predicted molar refractivity (Wildman–Crippen MR) is 78.6 cm³/mol. The van der Waals surface area contributed by atoms with Gasteiger partial charge in [-0.3, -0.25) is 4.90 Å². The van der Waals surface area contributed by atoms with Gasteiger partial charge in [-0.25, -0.2) is 4.39 Å². The summed E-state index contributed by atoms with van der Waals surface area (Å²) in [6.45, 7) is 3.16. The fourth-order valence-corrected chi connectivity index (χ4v) is 3.66. The maximum absolute atomic E-state index is 13.6. The van der Waals surface area contributed by atoms with E-state index in [4.69, 9.17) is 0 Å². The van der Waals surface area contributed by atoms with Crippen molar-refractivity contribution in [1.29, 1.82) is 0 Å². The molecule has 2 atom stereocenters. The molecule has 0 aliphatic carbocycles. The van der Waals surface area contributed by atoms with Gasteiger partial charge in [-0.15, -0.1) is 0 Å².